The summed E-state index contributed by atoms with van der Waals surface area (Å²) >= 11 is 0. The second-order valence-electron chi connectivity index (χ2n) is 9.28. The first-order chi connectivity index (χ1) is 19.4. The number of rotatable bonds is 7. The van der Waals surface area contributed by atoms with Gasteiger partial charge in [0.2, 0.25) is 12.4 Å². The van der Waals surface area contributed by atoms with Gasteiger partial charge in [-0.05, 0) is 36.4 Å². The van der Waals surface area contributed by atoms with Gasteiger partial charge < -0.3 is 33.2 Å². The second kappa shape index (κ2) is 11.9. The zero-order chi connectivity index (χ0) is 28.1. The normalized spacial score (nSPS) is 27.5. The third-order valence-electron chi connectivity index (χ3n) is 6.53. The Morgan fingerprint density at radius 1 is 0.775 bits per heavy atom. The minimum Gasteiger partial charge on any atom is -0.465 e. The Labute approximate surface area is 230 Å². The molecule has 2 saturated heterocycles. The number of hydrogen-bond donors (Lipinski definition) is 0. The Balaban J connectivity index is 1.53. The van der Waals surface area contributed by atoms with Crippen LogP contribution in [0.2, 0.25) is 0 Å². The van der Waals surface area contributed by atoms with E-state index >= 15 is 0 Å². The predicted octanol–water partition coefficient (Wildman–Crippen LogP) is 3.55. The van der Waals surface area contributed by atoms with Crippen molar-refractivity contribution in [3.05, 3.63) is 102 Å². The number of carbonyl (C=O) groups excluding carboxylic acids is 3. The summed E-state index contributed by atoms with van der Waals surface area (Å²) < 4.78 is 40.7. The van der Waals surface area contributed by atoms with Gasteiger partial charge in [0.15, 0.2) is 6.10 Å². The minimum atomic E-state index is -1.82. The van der Waals surface area contributed by atoms with E-state index in [0.29, 0.717) is 5.75 Å². The Bertz CT molecular complexity index is 1320. The molecular weight excluding hydrogens is 520 g/mol. The van der Waals surface area contributed by atoms with Gasteiger partial charge in [0.25, 0.3) is 5.79 Å². The molecule has 3 aromatic rings. The molecule has 5 rings (SSSR count). The van der Waals surface area contributed by atoms with Gasteiger partial charge in [-0.2, -0.15) is 0 Å². The topological polar surface area (TPSA) is 116 Å². The Morgan fingerprint density at radius 3 is 1.85 bits per heavy atom. The predicted molar refractivity (Wildman–Crippen MR) is 138 cm³/mol. The Morgan fingerprint density at radius 2 is 1.30 bits per heavy atom. The molecule has 0 bridgehead atoms. The summed E-state index contributed by atoms with van der Waals surface area (Å²) in [7, 11) is 1.20. The van der Waals surface area contributed by atoms with Crippen LogP contribution in [0.3, 0.4) is 0 Å². The lowest BCUT2D eigenvalue weighted by atomic mass is 9.96. The average Bonchev–Trinajstić information content (AvgIpc) is 3.00. The number of methoxy groups -OCH3 is 1. The highest BCUT2D eigenvalue weighted by Crippen LogP contribution is 2.37. The van der Waals surface area contributed by atoms with Crippen LogP contribution in [-0.4, -0.2) is 68.1 Å². The first kappa shape index (κ1) is 27.3. The van der Waals surface area contributed by atoms with Crippen molar-refractivity contribution in [1.29, 1.82) is 0 Å². The van der Waals surface area contributed by atoms with Crippen LogP contribution in [0, 0.1) is 0 Å². The van der Waals surface area contributed by atoms with E-state index in [1.165, 1.54) is 14.0 Å². The van der Waals surface area contributed by atoms with E-state index in [1.807, 2.05) is 6.07 Å². The molecule has 1 unspecified atom stereocenters. The van der Waals surface area contributed by atoms with Gasteiger partial charge in [-0.25, -0.2) is 14.4 Å². The van der Waals surface area contributed by atoms with Crippen LogP contribution in [0.1, 0.15) is 27.6 Å². The molecule has 2 fully saturated rings. The molecule has 208 valence electrons. The number of benzene rings is 3. The van der Waals surface area contributed by atoms with Gasteiger partial charge in [0.05, 0.1) is 24.8 Å². The molecule has 2 aliphatic heterocycles. The van der Waals surface area contributed by atoms with Crippen LogP contribution in [0.4, 0.5) is 0 Å². The van der Waals surface area contributed by atoms with Crippen molar-refractivity contribution in [3.8, 4) is 5.75 Å². The van der Waals surface area contributed by atoms with Crippen LogP contribution in [0.25, 0.3) is 0 Å². The third kappa shape index (κ3) is 5.84. The first-order valence-electron chi connectivity index (χ1n) is 12.7. The van der Waals surface area contributed by atoms with Gasteiger partial charge in [0.1, 0.15) is 18.0 Å². The molecule has 0 spiro atoms. The van der Waals surface area contributed by atoms with Crippen LogP contribution < -0.4 is 4.74 Å². The molecule has 3 aromatic carbocycles. The summed E-state index contributed by atoms with van der Waals surface area (Å²) in [6, 6.07) is 25.4. The Hall–Kier alpha value is -4.25. The van der Waals surface area contributed by atoms with Gasteiger partial charge in [0, 0.05) is 6.92 Å². The van der Waals surface area contributed by atoms with Crippen molar-refractivity contribution < 1.29 is 47.5 Å². The van der Waals surface area contributed by atoms with E-state index in [1.54, 1.807) is 84.9 Å². The summed E-state index contributed by atoms with van der Waals surface area (Å²) in [6.45, 7) is 1.27. The SMILES string of the molecule is COC(=O)C1(C)OC[C@H]2O[C@H](Oc3ccccc3)[C@H](OC(=O)c3ccccc3)[C@@H](OC(=O)c3ccccc3)[C@@H]2O1. The van der Waals surface area contributed by atoms with E-state index in [2.05, 4.69) is 0 Å². The van der Waals surface area contributed by atoms with Crippen LogP contribution >= 0.6 is 0 Å². The molecule has 0 amide bonds. The summed E-state index contributed by atoms with van der Waals surface area (Å²) in [5, 5.41) is 0. The number of fused-ring (bicyclic) bond motifs is 1. The highest BCUT2D eigenvalue weighted by atomic mass is 16.8. The van der Waals surface area contributed by atoms with Crippen molar-refractivity contribution in [1.82, 2.24) is 0 Å². The number of ether oxygens (including phenoxy) is 7. The summed E-state index contributed by atoms with van der Waals surface area (Å²) in [5.74, 6) is -3.58. The maximum Gasteiger partial charge on any atom is 0.366 e. The van der Waals surface area contributed by atoms with Crippen LogP contribution in [0.5, 0.6) is 5.75 Å². The average molecular weight is 549 g/mol. The van der Waals surface area contributed by atoms with Crippen LogP contribution in [0.15, 0.2) is 91.0 Å². The summed E-state index contributed by atoms with van der Waals surface area (Å²) in [5.41, 5.74) is 0.533. The highest BCUT2D eigenvalue weighted by Gasteiger charge is 2.58. The number of para-hydroxylation sites is 1. The first-order valence-corrected chi connectivity index (χ1v) is 12.7. The largest absolute Gasteiger partial charge is 0.465 e. The van der Waals surface area contributed by atoms with E-state index in [4.69, 9.17) is 33.2 Å². The van der Waals surface area contributed by atoms with E-state index in [9.17, 15) is 14.4 Å². The molecule has 40 heavy (non-hydrogen) atoms. The zero-order valence-corrected chi connectivity index (χ0v) is 21.8. The van der Waals surface area contributed by atoms with Crippen molar-refractivity contribution in [2.45, 2.75) is 43.4 Å². The molecule has 0 aromatic heterocycles. The zero-order valence-electron chi connectivity index (χ0n) is 21.8. The van der Waals surface area contributed by atoms with Crippen molar-refractivity contribution in [3.63, 3.8) is 0 Å². The fourth-order valence-electron chi connectivity index (χ4n) is 4.50. The smallest absolute Gasteiger partial charge is 0.366 e. The summed E-state index contributed by atoms with van der Waals surface area (Å²) in [6.07, 6.45) is -5.73. The number of carbonyl (C=O) groups is 3. The molecule has 10 heteroatoms. The van der Waals surface area contributed by atoms with Crippen molar-refractivity contribution in [2.24, 2.45) is 0 Å². The fourth-order valence-corrected chi connectivity index (χ4v) is 4.50. The minimum absolute atomic E-state index is 0.121. The molecule has 6 atom stereocenters. The van der Waals surface area contributed by atoms with Gasteiger partial charge >= 0.3 is 17.9 Å². The molecule has 0 N–H and O–H groups in total. The molecule has 10 nitrogen and oxygen atoms in total. The number of hydrogen-bond acceptors (Lipinski definition) is 10. The lowest BCUT2D eigenvalue weighted by Crippen LogP contribution is -2.68. The molecule has 2 aliphatic rings. The van der Waals surface area contributed by atoms with Gasteiger partial charge in [-0.15, -0.1) is 0 Å². The van der Waals surface area contributed by atoms with Gasteiger partial charge in [-0.1, -0.05) is 54.6 Å². The maximum atomic E-state index is 13.3. The fraction of sp³-hybridized carbons (Fsp3) is 0.300. The van der Waals surface area contributed by atoms with E-state index in [-0.39, 0.29) is 17.7 Å². The lowest BCUT2D eigenvalue weighted by molar-refractivity contribution is -0.369. The quantitative estimate of drug-likeness (QED) is 0.321. The van der Waals surface area contributed by atoms with E-state index in [0.717, 1.165) is 0 Å². The van der Waals surface area contributed by atoms with Crippen LogP contribution in [-0.2, 0) is 33.2 Å². The molecule has 0 aliphatic carbocycles. The molecule has 2 heterocycles. The van der Waals surface area contributed by atoms with Gasteiger partial charge in [-0.3, -0.25) is 0 Å². The standard InChI is InChI=1S/C30H28O10/c1-30(29(33)34-2)35-18-22-23(40-30)24(38-26(31)19-12-6-3-7-13-19)25(39-27(32)20-14-8-4-9-15-20)28(37-22)36-21-16-10-5-11-17-21/h3-17,22-25,28H,18H2,1-2H3/t22-,23-,24+,25-,28+,30?/m1/s1. The third-order valence-corrected chi connectivity index (χ3v) is 6.53. The lowest BCUT2D eigenvalue weighted by Gasteiger charge is -2.49. The Kier molecular flexibility index (Phi) is 8.11. The number of esters is 3. The molecular formula is C30H28O10. The van der Waals surface area contributed by atoms with E-state index < -0.39 is 54.4 Å². The van der Waals surface area contributed by atoms with Crippen molar-refractivity contribution >= 4 is 17.9 Å². The second-order valence-corrected chi connectivity index (χ2v) is 9.28. The monoisotopic (exact) mass is 548 g/mol. The van der Waals surface area contributed by atoms with Crippen molar-refractivity contribution in [2.75, 3.05) is 13.7 Å². The summed E-state index contributed by atoms with van der Waals surface area (Å²) in [4.78, 5) is 39.1. The maximum absolute atomic E-state index is 13.3. The molecule has 0 saturated carbocycles. The highest BCUT2D eigenvalue weighted by molar-refractivity contribution is 5.90. The molecule has 0 radical (unpaired) electrons.